The van der Waals surface area contributed by atoms with Gasteiger partial charge in [-0.25, -0.2) is 4.98 Å². The van der Waals surface area contributed by atoms with E-state index >= 15 is 0 Å². The van der Waals surface area contributed by atoms with Gasteiger partial charge in [-0.2, -0.15) is 0 Å². The topological polar surface area (TPSA) is 19.4 Å². The zero-order valence-electron chi connectivity index (χ0n) is 14.5. The smallest absolute Gasteiger partial charge is 0.186 e. The van der Waals surface area contributed by atoms with Crippen molar-refractivity contribution in [2.45, 2.75) is 13.0 Å². The number of aromatic nitrogens is 1. The molecule has 6 heteroatoms. The second kappa shape index (κ2) is 8.13. The lowest BCUT2D eigenvalue weighted by atomic mass is 10.1. The van der Waals surface area contributed by atoms with Crippen molar-refractivity contribution in [3.8, 4) is 0 Å². The number of anilines is 1. The molecule has 1 aliphatic rings. The molecule has 0 aliphatic carbocycles. The van der Waals surface area contributed by atoms with E-state index in [9.17, 15) is 0 Å². The Hall–Kier alpha value is -1.33. The number of nitrogens with zero attached hydrogens (tertiary/aromatic N) is 3. The van der Waals surface area contributed by atoms with Crippen molar-refractivity contribution in [2.24, 2.45) is 0 Å². The van der Waals surface area contributed by atoms with Gasteiger partial charge in [0, 0.05) is 43.6 Å². The molecule has 0 spiro atoms. The molecular formula is C20H21Cl2N3S. The molecule has 0 N–H and O–H groups in total. The molecule has 1 aromatic heterocycles. The number of fused-ring (bicyclic) bond motifs is 1. The van der Waals surface area contributed by atoms with E-state index in [-0.39, 0.29) is 0 Å². The van der Waals surface area contributed by atoms with Crippen LogP contribution in [0.5, 0.6) is 0 Å². The first-order valence-corrected chi connectivity index (χ1v) is 10.6. The lowest BCUT2D eigenvalue weighted by Gasteiger charge is -2.34. The standard InChI is InChI=1S/C20H21Cl2N3S/c21-8-7-15-1-3-16(4-2-15)14-24-9-11-25(12-10-24)20-23-18-6-5-17(22)13-19(18)26-20/h1-6,13H,7-12,14H2. The third-order valence-corrected chi connectivity index (χ3v) is 6.30. The molecule has 0 amide bonds. The second-order valence-electron chi connectivity index (χ2n) is 6.63. The van der Waals surface area contributed by atoms with Crippen molar-refractivity contribution in [1.29, 1.82) is 0 Å². The van der Waals surface area contributed by atoms with Crippen molar-refractivity contribution in [2.75, 3.05) is 37.0 Å². The summed E-state index contributed by atoms with van der Waals surface area (Å²) < 4.78 is 1.16. The lowest BCUT2D eigenvalue weighted by Crippen LogP contribution is -2.45. The number of halogens is 2. The number of alkyl halides is 1. The molecule has 4 rings (SSSR count). The Balaban J connectivity index is 1.35. The summed E-state index contributed by atoms with van der Waals surface area (Å²) in [6.07, 6.45) is 0.938. The number of piperazine rings is 1. The Bertz CT molecular complexity index is 870. The summed E-state index contributed by atoms with van der Waals surface area (Å²) in [5.74, 6) is 0.680. The van der Waals surface area contributed by atoms with Gasteiger partial charge in [0.1, 0.15) is 0 Å². The third kappa shape index (κ3) is 4.15. The summed E-state index contributed by atoms with van der Waals surface area (Å²) in [4.78, 5) is 9.67. The summed E-state index contributed by atoms with van der Waals surface area (Å²) >= 11 is 13.6. The first kappa shape index (κ1) is 18.1. The lowest BCUT2D eigenvalue weighted by molar-refractivity contribution is 0.250. The summed E-state index contributed by atoms with van der Waals surface area (Å²) in [5.41, 5.74) is 3.71. The van der Waals surface area contributed by atoms with Crippen LogP contribution in [-0.4, -0.2) is 41.9 Å². The minimum absolute atomic E-state index is 0.680. The maximum atomic E-state index is 6.09. The third-order valence-electron chi connectivity index (χ3n) is 4.79. The average Bonchev–Trinajstić information content (AvgIpc) is 3.07. The van der Waals surface area contributed by atoms with Gasteiger partial charge in [0.15, 0.2) is 5.13 Å². The van der Waals surface area contributed by atoms with E-state index in [0.717, 1.165) is 59.5 Å². The van der Waals surface area contributed by atoms with E-state index in [1.807, 2.05) is 18.2 Å². The van der Waals surface area contributed by atoms with E-state index in [1.165, 1.54) is 11.1 Å². The highest BCUT2D eigenvalue weighted by atomic mass is 35.5. The second-order valence-corrected chi connectivity index (χ2v) is 8.45. The summed E-state index contributed by atoms with van der Waals surface area (Å²) in [6.45, 7) is 5.14. The highest BCUT2D eigenvalue weighted by molar-refractivity contribution is 7.22. The molecule has 0 saturated carbocycles. The minimum atomic E-state index is 0.680. The van der Waals surface area contributed by atoms with E-state index < -0.39 is 0 Å². The highest BCUT2D eigenvalue weighted by Gasteiger charge is 2.20. The van der Waals surface area contributed by atoms with Crippen LogP contribution < -0.4 is 4.90 Å². The van der Waals surface area contributed by atoms with Gasteiger partial charge in [-0.15, -0.1) is 11.6 Å². The molecule has 0 radical (unpaired) electrons. The SMILES string of the molecule is ClCCc1ccc(CN2CCN(c3nc4ccc(Cl)cc4s3)CC2)cc1. The Morgan fingerprint density at radius 1 is 0.962 bits per heavy atom. The molecule has 26 heavy (non-hydrogen) atoms. The molecule has 1 saturated heterocycles. The molecule has 0 unspecified atom stereocenters. The summed E-state index contributed by atoms with van der Waals surface area (Å²) in [6, 6.07) is 14.8. The highest BCUT2D eigenvalue weighted by Crippen LogP contribution is 2.31. The zero-order chi connectivity index (χ0) is 17.9. The van der Waals surface area contributed by atoms with Gasteiger partial charge >= 0.3 is 0 Å². The number of rotatable bonds is 5. The normalized spacial score (nSPS) is 15.7. The van der Waals surface area contributed by atoms with Gasteiger partial charge in [-0.05, 0) is 35.7 Å². The number of hydrogen-bond donors (Lipinski definition) is 0. The predicted octanol–water partition coefficient (Wildman–Crippen LogP) is 5.05. The van der Waals surface area contributed by atoms with Gasteiger partial charge in [0.2, 0.25) is 0 Å². The van der Waals surface area contributed by atoms with Crippen molar-refractivity contribution in [3.63, 3.8) is 0 Å². The van der Waals surface area contributed by atoms with Crippen LogP contribution in [0.15, 0.2) is 42.5 Å². The Kier molecular flexibility index (Phi) is 5.65. The average molecular weight is 406 g/mol. The minimum Gasteiger partial charge on any atom is -0.345 e. The number of thiazole rings is 1. The van der Waals surface area contributed by atoms with Crippen molar-refractivity contribution < 1.29 is 0 Å². The largest absolute Gasteiger partial charge is 0.345 e. The zero-order valence-corrected chi connectivity index (χ0v) is 16.8. The van der Waals surface area contributed by atoms with E-state index in [1.54, 1.807) is 11.3 Å². The van der Waals surface area contributed by atoms with Crippen molar-refractivity contribution in [1.82, 2.24) is 9.88 Å². The van der Waals surface area contributed by atoms with Crippen LogP contribution in [0.25, 0.3) is 10.2 Å². The molecule has 2 aromatic carbocycles. The molecule has 1 aliphatic heterocycles. The summed E-state index contributed by atoms with van der Waals surface area (Å²) in [7, 11) is 0. The first-order valence-electron chi connectivity index (χ1n) is 8.88. The maximum absolute atomic E-state index is 6.09. The van der Waals surface area contributed by atoms with Gasteiger partial charge in [-0.1, -0.05) is 47.2 Å². The van der Waals surface area contributed by atoms with Crippen LogP contribution in [0.2, 0.25) is 5.02 Å². The molecule has 0 bridgehead atoms. The van der Waals surface area contributed by atoms with Crippen molar-refractivity contribution in [3.05, 3.63) is 58.6 Å². The number of aryl methyl sites for hydroxylation is 1. The quantitative estimate of drug-likeness (QED) is 0.553. The summed E-state index contributed by atoms with van der Waals surface area (Å²) in [5, 5.41) is 1.88. The molecule has 136 valence electrons. The van der Waals surface area contributed by atoms with Gasteiger partial charge < -0.3 is 4.90 Å². The molecular weight excluding hydrogens is 385 g/mol. The molecule has 0 atom stereocenters. The maximum Gasteiger partial charge on any atom is 0.186 e. The first-order chi connectivity index (χ1) is 12.7. The van der Waals surface area contributed by atoms with Crippen LogP contribution in [0, 0.1) is 0 Å². The van der Waals surface area contributed by atoms with Gasteiger partial charge in [0.25, 0.3) is 0 Å². The molecule has 3 aromatic rings. The van der Waals surface area contributed by atoms with E-state index in [4.69, 9.17) is 28.2 Å². The Morgan fingerprint density at radius 2 is 1.69 bits per heavy atom. The fourth-order valence-electron chi connectivity index (χ4n) is 3.30. The van der Waals surface area contributed by atoms with Crippen LogP contribution >= 0.6 is 34.5 Å². The van der Waals surface area contributed by atoms with Crippen molar-refractivity contribution >= 4 is 49.9 Å². The van der Waals surface area contributed by atoms with E-state index in [2.05, 4.69) is 34.1 Å². The Morgan fingerprint density at radius 3 is 2.42 bits per heavy atom. The molecule has 3 nitrogen and oxygen atoms in total. The van der Waals surface area contributed by atoms with Gasteiger partial charge in [-0.3, -0.25) is 4.90 Å². The number of benzene rings is 2. The van der Waals surface area contributed by atoms with Crippen LogP contribution in [0.1, 0.15) is 11.1 Å². The fourth-order valence-corrected chi connectivity index (χ4v) is 4.81. The number of hydrogen-bond acceptors (Lipinski definition) is 4. The van der Waals surface area contributed by atoms with Crippen LogP contribution in [0.3, 0.4) is 0 Å². The molecule has 1 fully saturated rings. The Labute approximate surface area is 168 Å². The van der Waals surface area contributed by atoms with Crippen LogP contribution in [-0.2, 0) is 13.0 Å². The van der Waals surface area contributed by atoms with Crippen LogP contribution in [0.4, 0.5) is 5.13 Å². The monoisotopic (exact) mass is 405 g/mol. The van der Waals surface area contributed by atoms with Gasteiger partial charge in [0.05, 0.1) is 10.2 Å². The van der Waals surface area contributed by atoms with E-state index in [0.29, 0.717) is 5.88 Å². The molecule has 2 heterocycles. The predicted molar refractivity (Wildman–Crippen MR) is 113 cm³/mol. The fraction of sp³-hybridized carbons (Fsp3) is 0.350.